The first kappa shape index (κ1) is 19.8. The Hall–Kier alpha value is -1.90. The first-order valence-electron chi connectivity index (χ1n) is 9.38. The van der Waals surface area contributed by atoms with Crippen molar-refractivity contribution in [3.63, 3.8) is 0 Å². The Bertz CT molecular complexity index is 815. The SMILES string of the molecule is CO[C@H]1CCN(c2ccc3c(C(=O)O)nn(COCC[Si](C)(C)C)c3c2)C1. The molecule has 0 aliphatic carbocycles. The predicted molar refractivity (Wildman–Crippen MR) is 108 cm³/mol. The van der Waals surface area contributed by atoms with Crippen molar-refractivity contribution in [2.75, 3.05) is 31.7 Å². The second kappa shape index (κ2) is 8.00. The average Bonchev–Trinajstić information content (AvgIpc) is 3.22. The van der Waals surface area contributed by atoms with Crippen molar-refractivity contribution in [2.45, 2.75) is 44.9 Å². The molecule has 2 aromatic rings. The number of ether oxygens (including phenoxy) is 2. The highest BCUT2D eigenvalue weighted by Gasteiger charge is 2.24. The molecular weight excluding hydrogens is 362 g/mol. The van der Waals surface area contributed by atoms with Gasteiger partial charge in [0, 0.05) is 46.0 Å². The van der Waals surface area contributed by atoms with Crippen LogP contribution in [0, 0.1) is 0 Å². The number of carboxylic acids is 1. The van der Waals surface area contributed by atoms with Crippen LogP contribution in [-0.4, -0.2) is 61.8 Å². The van der Waals surface area contributed by atoms with E-state index in [9.17, 15) is 9.90 Å². The fourth-order valence-electron chi connectivity index (χ4n) is 3.30. The summed E-state index contributed by atoms with van der Waals surface area (Å²) >= 11 is 0. The van der Waals surface area contributed by atoms with Crippen LogP contribution in [-0.2, 0) is 16.2 Å². The second-order valence-electron chi connectivity index (χ2n) is 8.30. The molecule has 0 amide bonds. The van der Waals surface area contributed by atoms with Crippen molar-refractivity contribution in [1.29, 1.82) is 0 Å². The molecule has 2 heterocycles. The van der Waals surface area contributed by atoms with E-state index < -0.39 is 14.0 Å². The van der Waals surface area contributed by atoms with E-state index in [1.54, 1.807) is 11.8 Å². The Labute approximate surface area is 160 Å². The number of carboxylic acid groups (broad SMARTS) is 1. The summed E-state index contributed by atoms with van der Waals surface area (Å²) in [7, 11) is 0.573. The lowest BCUT2D eigenvalue weighted by Crippen LogP contribution is -2.22. The Kier molecular flexibility index (Phi) is 5.88. The van der Waals surface area contributed by atoms with Gasteiger partial charge in [-0.1, -0.05) is 19.6 Å². The zero-order valence-corrected chi connectivity index (χ0v) is 17.6. The molecule has 0 unspecified atom stereocenters. The number of nitrogens with zero attached hydrogens (tertiary/aromatic N) is 3. The van der Waals surface area contributed by atoms with Gasteiger partial charge < -0.3 is 19.5 Å². The van der Waals surface area contributed by atoms with Crippen molar-refractivity contribution >= 4 is 30.6 Å². The normalized spacial score (nSPS) is 17.8. The molecule has 1 aromatic carbocycles. The van der Waals surface area contributed by atoms with Gasteiger partial charge in [0.25, 0.3) is 0 Å². The van der Waals surface area contributed by atoms with Gasteiger partial charge in [-0.2, -0.15) is 5.10 Å². The number of hydrogen-bond donors (Lipinski definition) is 1. The van der Waals surface area contributed by atoms with Gasteiger partial charge in [-0.05, 0) is 30.7 Å². The molecule has 148 valence electrons. The van der Waals surface area contributed by atoms with Crippen molar-refractivity contribution in [2.24, 2.45) is 0 Å². The summed E-state index contributed by atoms with van der Waals surface area (Å²) in [5.74, 6) is -1.02. The summed E-state index contributed by atoms with van der Waals surface area (Å²) in [4.78, 5) is 13.8. The molecule has 0 spiro atoms. The van der Waals surface area contributed by atoms with E-state index >= 15 is 0 Å². The van der Waals surface area contributed by atoms with Crippen LogP contribution in [0.2, 0.25) is 25.7 Å². The first-order valence-corrected chi connectivity index (χ1v) is 13.1. The van der Waals surface area contributed by atoms with E-state index in [0.717, 1.165) is 36.8 Å². The highest BCUT2D eigenvalue weighted by Crippen LogP contribution is 2.28. The van der Waals surface area contributed by atoms with Gasteiger partial charge in [-0.3, -0.25) is 0 Å². The molecule has 1 aromatic heterocycles. The standard InChI is InChI=1S/C19H29N3O4Si/c1-25-15-7-8-21(12-15)14-5-6-16-17(11-14)22(20-18(16)19(23)24)13-26-9-10-27(2,3)4/h5-6,11,15H,7-10,12-13H2,1-4H3,(H,23,24)/t15-/m0/s1. The molecule has 1 N–H and O–H groups in total. The maximum absolute atomic E-state index is 11.6. The Morgan fingerprint density at radius 3 is 2.78 bits per heavy atom. The Morgan fingerprint density at radius 2 is 2.15 bits per heavy atom. The lowest BCUT2D eigenvalue weighted by molar-refractivity contribution is 0.0676. The number of rotatable bonds is 8. The van der Waals surface area contributed by atoms with Crippen LogP contribution in [0.1, 0.15) is 16.9 Å². The molecule has 0 radical (unpaired) electrons. The second-order valence-corrected chi connectivity index (χ2v) is 13.9. The van der Waals surface area contributed by atoms with Crippen molar-refractivity contribution in [1.82, 2.24) is 9.78 Å². The third kappa shape index (κ3) is 4.69. The summed E-state index contributed by atoms with van der Waals surface area (Å²) in [5, 5.41) is 14.4. The zero-order valence-electron chi connectivity index (χ0n) is 16.6. The van der Waals surface area contributed by atoms with Gasteiger partial charge in [0.2, 0.25) is 0 Å². The van der Waals surface area contributed by atoms with E-state index in [1.165, 1.54) is 0 Å². The number of aromatic nitrogens is 2. The fourth-order valence-corrected chi connectivity index (χ4v) is 4.06. The van der Waals surface area contributed by atoms with Crippen LogP contribution < -0.4 is 4.90 Å². The molecule has 0 bridgehead atoms. The molecule has 27 heavy (non-hydrogen) atoms. The number of fused-ring (bicyclic) bond motifs is 1. The molecule has 1 saturated heterocycles. The van der Waals surface area contributed by atoms with Crippen molar-refractivity contribution < 1.29 is 19.4 Å². The maximum atomic E-state index is 11.6. The summed E-state index contributed by atoms with van der Waals surface area (Å²) in [6, 6.07) is 6.88. The van der Waals surface area contributed by atoms with E-state index in [1.807, 2.05) is 18.2 Å². The van der Waals surface area contributed by atoms with Gasteiger partial charge in [-0.25, -0.2) is 9.48 Å². The number of benzene rings is 1. The minimum atomic E-state index is -1.17. The van der Waals surface area contributed by atoms with Gasteiger partial charge >= 0.3 is 5.97 Å². The molecule has 1 atom stereocenters. The molecule has 0 saturated carbocycles. The maximum Gasteiger partial charge on any atom is 0.357 e. The number of hydrogen-bond acceptors (Lipinski definition) is 5. The highest BCUT2D eigenvalue weighted by atomic mass is 28.3. The van der Waals surface area contributed by atoms with Crippen LogP contribution in [0.15, 0.2) is 18.2 Å². The molecule has 3 rings (SSSR count). The van der Waals surface area contributed by atoms with Crippen molar-refractivity contribution in [3.05, 3.63) is 23.9 Å². The molecule has 1 fully saturated rings. The molecule has 7 nitrogen and oxygen atoms in total. The van der Waals surface area contributed by atoms with E-state index in [0.29, 0.717) is 12.0 Å². The van der Waals surface area contributed by atoms with E-state index in [2.05, 4.69) is 29.6 Å². The quantitative estimate of drug-likeness (QED) is 0.550. The average molecular weight is 392 g/mol. The molecular formula is C19H29N3O4Si. The highest BCUT2D eigenvalue weighted by molar-refractivity contribution is 6.76. The van der Waals surface area contributed by atoms with Crippen LogP contribution in [0.3, 0.4) is 0 Å². The Balaban J connectivity index is 1.83. The van der Waals surface area contributed by atoms with Gasteiger partial charge in [0.15, 0.2) is 5.69 Å². The topological polar surface area (TPSA) is 76.8 Å². The van der Waals surface area contributed by atoms with Crippen LogP contribution >= 0.6 is 0 Å². The smallest absolute Gasteiger partial charge is 0.357 e. The van der Waals surface area contributed by atoms with Crippen LogP contribution in [0.25, 0.3) is 10.9 Å². The minimum Gasteiger partial charge on any atom is -0.476 e. The summed E-state index contributed by atoms with van der Waals surface area (Å²) < 4.78 is 12.9. The summed E-state index contributed by atoms with van der Waals surface area (Å²) in [6.07, 6.45) is 1.23. The summed E-state index contributed by atoms with van der Waals surface area (Å²) in [6.45, 7) is 9.61. The van der Waals surface area contributed by atoms with Crippen molar-refractivity contribution in [3.8, 4) is 0 Å². The molecule has 1 aliphatic rings. The third-order valence-corrected chi connectivity index (χ3v) is 6.70. The molecule has 8 heteroatoms. The number of anilines is 1. The number of aromatic carboxylic acids is 1. The zero-order chi connectivity index (χ0) is 19.6. The lowest BCUT2D eigenvalue weighted by Gasteiger charge is -2.19. The first-order chi connectivity index (χ1) is 12.8. The monoisotopic (exact) mass is 391 g/mol. The largest absolute Gasteiger partial charge is 0.476 e. The fraction of sp³-hybridized carbons (Fsp3) is 0.579. The third-order valence-electron chi connectivity index (χ3n) is 4.99. The van der Waals surface area contributed by atoms with Gasteiger partial charge in [0.05, 0.1) is 11.6 Å². The van der Waals surface area contributed by atoms with Gasteiger partial charge in [0.1, 0.15) is 6.73 Å². The van der Waals surface area contributed by atoms with Crippen LogP contribution in [0.4, 0.5) is 5.69 Å². The number of methoxy groups -OCH3 is 1. The van der Waals surface area contributed by atoms with E-state index in [-0.39, 0.29) is 18.5 Å². The number of carbonyl (C=O) groups is 1. The Morgan fingerprint density at radius 1 is 1.37 bits per heavy atom. The predicted octanol–water partition coefficient (Wildman–Crippen LogP) is 3.27. The van der Waals surface area contributed by atoms with Gasteiger partial charge in [-0.15, -0.1) is 0 Å². The van der Waals surface area contributed by atoms with E-state index in [4.69, 9.17) is 9.47 Å². The lowest BCUT2D eigenvalue weighted by atomic mass is 10.2. The minimum absolute atomic E-state index is 0.0709. The molecule has 1 aliphatic heterocycles. The van der Waals surface area contributed by atoms with Crippen LogP contribution in [0.5, 0.6) is 0 Å². The summed E-state index contributed by atoms with van der Waals surface area (Å²) in [5.41, 5.74) is 1.92.